The van der Waals surface area contributed by atoms with E-state index in [9.17, 15) is 5.11 Å². The third-order valence-electron chi connectivity index (χ3n) is 2.59. The lowest BCUT2D eigenvalue weighted by molar-refractivity contribution is 0.154. The van der Waals surface area contributed by atoms with Gasteiger partial charge >= 0.3 is 0 Å². The molecule has 1 aromatic rings. The van der Waals surface area contributed by atoms with Crippen molar-refractivity contribution < 1.29 is 5.11 Å². The van der Waals surface area contributed by atoms with Crippen molar-refractivity contribution in [1.29, 1.82) is 0 Å². The van der Waals surface area contributed by atoms with Crippen LogP contribution in [0.2, 0.25) is 0 Å². The largest absolute Gasteiger partial charge is 0.391 e. The van der Waals surface area contributed by atoms with E-state index in [-0.39, 0.29) is 6.10 Å². The summed E-state index contributed by atoms with van der Waals surface area (Å²) in [5.74, 6) is 0.508. The second kappa shape index (κ2) is 4.37. The molecule has 15 heavy (non-hydrogen) atoms. The van der Waals surface area contributed by atoms with E-state index < -0.39 is 0 Å². The molecule has 1 unspecified atom stereocenters. The highest BCUT2D eigenvalue weighted by molar-refractivity contribution is 9.10. The Morgan fingerprint density at radius 2 is 2.40 bits per heavy atom. The van der Waals surface area contributed by atoms with Crippen molar-refractivity contribution in [3.8, 4) is 0 Å². The number of nitrogen functional groups attached to an aromatic ring is 1. The van der Waals surface area contributed by atoms with Gasteiger partial charge in [0.15, 0.2) is 0 Å². The molecule has 1 aliphatic rings. The molecule has 0 saturated carbocycles. The van der Waals surface area contributed by atoms with Gasteiger partial charge in [0.2, 0.25) is 0 Å². The van der Waals surface area contributed by atoms with Crippen LogP contribution in [0.4, 0.5) is 11.5 Å². The minimum atomic E-state index is -0.236. The summed E-state index contributed by atoms with van der Waals surface area (Å²) in [5, 5.41) is 9.60. The van der Waals surface area contributed by atoms with Gasteiger partial charge in [0, 0.05) is 25.4 Å². The molecule has 3 N–H and O–H groups in total. The third kappa shape index (κ3) is 2.41. The van der Waals surface area contributed by atoms with E-state index in [4.69, 9.17) is 5.73 Å². The topological polar surface area (TPSA) is 62.4 Å². The van der Waals surface area contributed by atoms with Crippen LogP contribution < -0.4 is 10.6 Å². The Morgan fingerprint density at radius 1 is 1.60 bits per heavy atom. The first kappa shape index (κ1) is 10.7. The minimum absolute atomic E-state index is 0.236. The predicted octanol–water partition coefficient (Wildman–Crippen LogP) is 1.39. The monoisotopic (exact) mass is 271 g/mol. The number of β-amino-alcohol motifs (C(OH)–C–C–N with tert-alkyl or cyclic N) is 1. The Kier molecular flexibility index (Phi) is 3.11. The first-order valence-corrected chi connectivity index (χ1v) is 5.80. The number of piperidine rings is 1. The number of rotatable bonds is 1. The molecule has 1 fully saturated rings. The highest BCUT2D eigenvalue weighted by atomic mass is 79.9. The zero-order valence-electron chi connectivity index (χ0n) is 8.36. The molecule has 1 saturated heterocycles. The molecule has 0 amide bonds. The first-order valence-electron chi connectivity index (χ1n) is 5.01. The van der Waals surface area contributed by atoms with E-state index in [1.54, 1.807) is 6.20 Å². The van der Waals surface area contributed by atoms with Crippen LogP contribution in [0.25, 0.3) is 0 Å². The molecule has 1 aliphatic heterocycles. The summed E-state index contributed by atoms with van der Waals surface area (Å²) in [5.41, 5.74) is 6.66. The lowest BCUT2D eigenvalue weighted by Crippen LogP contribution is -2.38. The van der Waals surface area contributed by atoms with Gasteiger partial charge in [0.05, 0.1) is 16.3 Å². The number of pyridine rings is 1. The van der Waals surface area contributed by atoms with Crippen molar-refractivity contribution in [2.45, 2.75) is 18.9 Å². The maximum absolute atomic E-state index is 9.60. The number of aliphatic hydroxyl groups is 1. The van der Waals surface area contributed by atoms with Crippen LogP contribution in [0.3, 0.4) is 0 Å². The van der Waals surface area contributed by atoms with E-state index in [0.717, 1.165) is 29.5 Å². The summed E-state index contributed by atoms with van der Waals surface area (Å²) in [7, 11) is 0. The van der Waals surface area contributed by atoms with E-state index in [1.807, 2.05) is 6.07 Å². The van der Waals surface area contributed by atoms with Crippen LogP contribution in [0.5, 0.6) is 0 Å². The van der Waals surface area contributed by atoms with Gasteiger partial charge in [0.25, 0.3) is 0 Å². The Hall–Kier alpha value is -0.810. The maximum atomic E-state index is 9.60. The fraction of sp³-hybridized carbons (Fsp3) is 0.500. The van der Waals surface area contributed by atoms with Crippen LogP contribution in [0.15, 0.2) is 16.7 Å². The second-order valence-electron chi connectivity index (χ2n) is 3.80. The second-order valence-corrected chi connectivity index (χ2v) is 4.66. The van der Waals surface area contributed by atoms with Crippen LogP contribution in [-0.4, -0.2) is 29.3 Å². The lowest BCUT2D eigenvalue weighted by Gasteiger charge is -2.32. The maximum Gasteiger partial charge on any atom is 0.125 e. The highest BCUT2D eigenvalue weighted by Gasteiger charge is 2.19. The molecule has 2 rings (SSSR count). The number of aliphatic hydroxyl groups excluding tert-OH is 1. The lowest BCUT2D eigenvalue weighted by atomic mass is 10.1. The van der Waals surface area contributed by atoms with Gasteiger partial charge in [0.1, 0.15) is 5.82 Å². The van der Waals surface area contributed by atoms with E-state index in [2.05, 4.69) is 25.8 Å². The molecule has 0 aromatic carbocycles. The van der Waals surface area contributed by atoms with Crippen molar-refractivity contribution >= 4 is 27.4 Å². The van der Waals surface area contributed by atoms with Crippen molar-refractivity contribution in [2.75, 3.05) is 23.7 Å². The molecule has 0 bridgehead atoms. The molecule has 5 heteroatoms. The number of hydrogen-bond acceptors (Lipinski definition) is 4. The van der Waals surface area contributed by atoms with Crippen molar-refractivity contribution in [2.24, 2.45) is 0 Å². The highest BCUT2D eigenvalue weighted by Crippen LogP contribution is 2.29. The van der Waals surface area contributed by atoms with E-state index in [0.29, 0.717) is 12.4 Å². The fourth-order valence-corrected chi connectivity index (χ4v) is 2.33. The predicted molar refractivity (Wildman–Crippen MR) is 63.8 cm³/mol. The van der Waals surface area contributed by atoms with Crippen molar-refractivity contribution in [3.05, 3.63) is 16.7 Å². The van der Waals surface area contributed by atoms with E-state index in [1.165, 1.54) is 0 Å². The molecule has 82 valence electrons. The fourth-order valence-electron chi connectivity index (χ4n) is 1.86. The molecular formula is C10H14BrN3O. The smallest absolute Gasteiger partial charge is 0.125 e. The molecule has 4 nitrogen and oxygen atoms in total. The molecule has 2 heterocycles. The number of halogens is 1. The SMILES string of the molecule is Nc1cc(N2CCCC(O)C2)c(Br)cn1. The quantitative estimate of drug-likeness (QED) is 0.811. The van der Waals surface area contributed by atoms with Gasteiger partial charge in [-0.3, -0.25) is 0 Å². The number of hydrogen-bond donors (Lipinski definition) is 2. The number of aromatic nitrogens is 1. The van der Waals surface area contributed by atoms with Crippen molar-refractivity contribution in [1.82, 2.24) is 4.98 Å². The van der Waals surface area contributed by atoms with Crippen molar-refractivity contribution in [3.63, 3.8) is 0 Å². The minimum Gasteiger partial charge on any atom is -0.391 e. The zero-order chi connectivity index (χ0) is 10.8. The van der Waals surface area contributed by atoms with Crippen LogP contribution in [0.1, 0.15) is 12.8 Å². The van der Waals surface area contributed by atoms with Crippen LogP contribution in [0, 0.1) is 0 Å². The van der Waals surface area contributed by atoms with Gasteiger partial charge in [-0.1, -0.05) is 0 Å². The average Bonchev–Trinajstić information content (AvgIpc) is 2.22. The summed E-state index contributed by atoms with van der Waals surface area (Å²) in [4.78, 5) is 6.13. The molecular weight excluding hydrogens is 258 g/mol. The summed E-state index contributed by atoms with van der Waals surface area (Å²) in [6, 6.07) is 1.84. The molecule has 0 radical (unpaired) electrons. The van der Waals surface area contributed by atoms with Gasteiger partial charge in [-0.25, -0.2) is 4.98 Å². The van der Waals surface area contributed by atoms with E-state index >= 15 is 0 Å². The molecule has 1 atom stereocenters. The zero-order valence-corrected chi connectivity index (χ0v) is 9.94. The Balaban J connectivity index is 2.24. The standard InChI is InChI=1S/C10H14BrN3O/c11-8-5-13-10(12)4-9(8)14-3-1-2-7(15)6-14/h4-5,7,15H,1-3,6H2,(H2,12,13). The number of nitrogens with two attached hydrogens (primary N) is 1. The summed E-state index contributed by atoms with van der Waals surface area (Å²) in [6.07, 6.45) is 3.36. The van der Waals surface area contributed by atoms with Crippen LogP contribution >= 0.6 is 15.9 Å². The first-order chi connectivity index (χ1) is 7.16. The average molecular weight is 272 g/mol. The van der Waals surface area contributed by atoms with Gasteiger partial charge < -0.3 is 15.7 Å². The molecule has 1 aromatic heterocycles. The summed E-state index contributed by atoms with van der Waals surface area (Å²) >= 11 is 3.44. The third-order valence-corrected chi connectivity index (χ3v) is 3.20. The number of nitrogens with zero attached hydrogens (tertiary/aromatic N) is 2. The molecule has 0 spiro atoms. The van der Waals surface area contributed by atoms with Gasteiger partial charge in [-0.2, -0.15) is 0 Å². The Morgan fingerprint density at radius 3 is 3.13 bits per heavy atom. The Bertz CT molecular complexity index is 359. The van der Waals surface area contributed by atoms with Gasteiger partial charge in [-0.05, 0) is 28.8 Å². The number of anilines is 2. The normalized spacial score (nSPS) is 21.7. The molecule has 0 aliphatic carbocycles. The summed E-state index contributed by atoms with van der Waals surface area (Å²) < 4.78 is 0.922. The summed E-state index contributed by atoms with van der Waals surface area (Å²) in [6.45, 7) is 1.63. The van der Waals surface area contributed by atoms with Crippen LogP contribution in [-0.2, 0) is 0 Å². The van der Waals surface area contributed by atoms with Gasteiger partial charge in [-0.15, -0.1) is 0 Å². The Labute approximate surface area is 97.2 Å².